The van der Waals surface area contributed by atoms with Gasteiger partial charge in [-0.1, -0.05) is 6.07 Å². The number of hydrogen-bond donors (Lipinski definition) is 2. The summed E-state index contributed by atoms with van der Waals surface area (Å²) in [6, 6.07) is 5.49. The van der Waals surface area contributed by atoms with E-state index in [4.69, 9.17) is 10.2 Å². The molecule has 18 heavy (non-hydrogen) atoms. The Morgan fingerprint density at radius 3 is 2.61 bits per heavy atom. The van der Waals surface area contributed by atoms with Gasteiger partial charge in [0.15, 0.2) is 0 Å². The van der Waals surface area contributed by atoms with Crippen molar-refractivity contribution in [2.24, 2.45) is 5.92 Å². The Balaban J connectivity index is 2.53. The van der Waals surface area contributed by atoms with E-state index in [1.165, 1.54) is 0 Å². The molecule has 1 atom stereocenters. The molecule has 0 aromatic carbocycles. The molecule has 0 aliphatic rings. The van der Waals surface area contributed by atoms with Crippen molar-refractivity contribution in [1.82, 2.24) is 9.88 Å². The van der Waals surface area contributed by atoms with Crippen molar-refractivity contribution in [3.05, 3.63) is 30.1 Å². The summed E-state index contributed by atoms with van der Waals surface area (Å²) in [5.41, 5.74) is 0.819. The van der Waals surface area contributed by atoms with Crippen LogP contribution in [0.5, 0.6) is 0 Å². The average Bonchev–Trinajstić information content (AvgIpc) is 2.28. The van der Waals surface area contributed by atoms with Crippen LogP contribution in [0.1, 0.15) is 12.1 Å². The largest absolute Gasteiger partial charge is 0.481 e. The van der Waals surface area contributed by atoms with E-state index in [0.717, 1.165) is 5.69 Å². The highest BCUT2D eigenvalue weighted by Crippen LogP contribution is 2.08. The molecule has 1 aromatic heterocycles. The molecule has 0 radical (unpaired) electrons. The molecule has 1 aromatic rings. The lowest BCUT2D eigenvalue weighted by Gasteiger charge is -2.19. The van der Waals surface area contributed by atoms with Crippen LogP contribution < -0.4 is 0 Å². The number of carboxylic acids is 2. The van der Waals surface area contributed by atoms with E-state index in [1.54, 1.807) is 24.2 Å². The van der Waals surface area contributed by atoms with Crippen LogP contribution in [0.3, 0.4) is 0 Å². The predicted octanol–water partition coefficient (Wildman–Crippen LogP) is 0.689. The fourth-order valence-electron chi connectivity index (χ4n) is 1.65. The second-order valence-corrected chi connectivity index (χ2v) is 4.15. The van der Waals surface area contributed by atoms with E-state index in [0.29, 0.717) is 6.54 Å². The Kier molecular flexibility index (Phi) is 5.26. The molecule has 0 amide bonds. The van der Waals surface area contributed by atoms with Gasteiger partial charge in [-0.25, -0.2) is 0 Å². The normalized spacial score (nSPS) is 12.3. The Bertz CT molecular complexity index is 408. The Morgan fingerprint density at radius 1 is 1.39 bits per heavy atom. The van der Waals surface area contributed by atoms with Gasteiger partial charge in [0.05, 0.1) is 18.0 Å². The summed E-state index contributed by atoms with van der Waals surface area (Å²) in [5.74, 6) is -3.10. The van der Waals surface area contributed by atoms with E-state index in [-0.39, 0.29) is 13.0 Å². The van der Waals surface area contributed by atoms with Crippen LogP contribution in [0.15, 0.2) is 24.4 Å². The van der Waals surface area contributed by atoms with Crippen molar-refractivity contribution in [1.29, 1.82) is 0 Å². The zero-order valence-electron chi connectivity index (χ0n) is 10.1. The molecule has 0 bridgehead atoms. The smallest absolute Gasteiger partial charge is 0.308 e. The van der Waals surface area contributed by atoms with Gasteiger partial charge in [-0.05, 0) is 19.2 Å². The summed E-state index contributed by atoms with van der Waals surface area (Å²) >= 11 is 0. The molecule has 0 aliphatic heterocycles. The lowest BCUT2D eigenvalue weighted by molar-refractivity contribution is -0.148. The molecule has 6 heteroatoms. The third-order valence-electron chi connectivity index (χ3n) is 2.46. The van der Waals surface area contributed by atoms with Gasteiger partial charge in [0, 0.05) is 19.3 Å². The topological polar surface area (TPSA) is 90.7 Å². The fourth-order valence-corrected chi connectivity index (χ4v) is 1.65. The minimum absolute atomic E-state index is 0.179. The first-order chi connectivity index (χ1) is 8.49. The van der Waals surface area contributed by atoms with Gasteiger partial charge in [0.1, 0.15) is 0 Å². The number of pyridine rings is 1. The molecule has 0 fully saturated rings. The standard InChI is InChI=1S/C12H16N2O4/c1-14(8-10-4-2-3-5-13-10)7-9(12(17)18)6-11(15)16/h2-5,9H,6-8H2,1H3,(H,15,16)(H,17,18). The minimum atomic E-state index is -1.10. The Labute approximate surface area is 105 Å². The van der Waals surface area contributed by atoms with Gasteiger partial charge in [-0.3, -0.25) is 19.5 Å². The zero-order valence-corrected chi connectivity index (χ0v) is 10.1. The van der Waals surface area contributed by atoms with E-state index in [2.05, 4.69) is 4.98 Å². The molecular weight excluding hydrogens is 236 g/mol. The second-order valence-electron chi connectivity index (χ2n) is 4.15. The molecule has 1 unspecified atom stereocenters. The lowest BCUT2D eigenvalue weighted by atomic mass is 10.1. The van der Waals surface area contributed by atoms with Gasteiger partial charge < -0.3 is 10.2 Å². The van der Waals surface area contributed by atoms with Crippen LogP contribution in [0.2, 0.25) is 0 Å². The van der Waals surface area contributed by atoms with E-state index in [1.807, 2.05) is 12.1 Å². The maximum absolute atomic E-state index is 10.9. The molecule has 2 N–H and O–H groups in total. The highest BCUT2D eigenvalue weighted by Gasteiger charge is 2.22. The maximum Gasteiger partial charge on any atom is 0.308 e. The Hall–Kier alpha value is -1.95. The SMILES string of the molecule is CN(Cc1ccccn1)CC(CC(=O)O)C(=O)O. The van der Waals surface area contributed by atoms with Gasteiger partial charge in [0.25, 0.3) is 0 Å². The van der Waals surface area contributed by atoms with Crippen molar-refractivity contribution >= 4 is 11.9 Å². The van der Waals surface area contributed by atoms with Crippen molar-refractivity contribution < 1.29 is 19.8 Å². The maximum atomic E-state index is 10.9. The molecular formula is C12H16N2O4. The molecule has 6 nitrogen and oxygen atoms in total. The average molecular weight is 252 g/mol. The van der Waals surface area contributed by atoms with Crippen LogP contribution in [-0.2, 0) is 16.1 Å². The molecule has 98 valence electrons. The highest BCUT2D eigenvalue weighted by atomic mass is 16.4. The molecule has 0 saturated heterocycles. The molecule has 1 heterocycles. The number of carboxylic acid groups (broad SMARTS) is 2. The summed E-state index contributed by atoms with van der Waals surface area (Å²) < 4.78 is 0. The number of rotatable bonds is 7. The summed E-state index contributed by atoms with van der Waals surface area (Å²) in [6.07, 6.45) is 1.29. The highest BCUT2D eigenvalue weighted by molar-refractivity contribution is 5.77. The summed E-state index contributed by atoms with van der Waals surface area (Å²) in [6.45, 7) is 0.669. The molecule has 1 rings (SSSR count). The van der Waals surface area contributed by atoms with Crippen molar-refractivity contribution in [2.45, 2.75) is 13.0 Å². The molecule has 0 saturated carbocycles. The van der Waals surface area contributed by atoms with E-state index < -0.39 is 17.9 Å². The van der Waals surface area contributed by atoms with Gasteiger partial charge in [0.2, 0.25) is 0 Å². The van der Waals surface area contributed by atoms with Crippen molar-refractivity contribution in [3.63, 3.8) is 0 Å². The summed E-state index contributed by atoms with van der Waals surface area (Å²) in [4.78, 5) is 27.4. The summed E-state index contributed by atoms with van der Waals surface area (Å²) in [5, 5.41) is 17.6. The number of hydrogen-bond acceptors (Lipinski definition) is 4. The third kappa shape index (κ3) is 4.92. The van der Waals surface area contributed by atoms with E-state index >= 15 is 0 Å². The third-order valence-corrected chi connectivity index (χ3v) is 2.46. The van der Waals surface area contributed by atoms with Crippen molar-refractivity contribution in [2.75, 3.05) is 13.6 Å². The predicted molar refractivity (Wildman–Crippen MR) is 63.9 cm³/mol. The van der Waals surface area contributed by atoms with Gasteiger partial charge in [-0.15, -0.1) is 0 Å². The van der Waals surface area contributed by atoms with Crippen LogP contribution in [0.25, 0.3) is 0 Å². The second kappa shape index (κ2) is 6.70. The fraction of sp³-hybridized carbons (Fsp3) is 0.417. The first-order valence-corrected chi connectivity index (χ1v) is 5.52. The quantitative estimate of drug-likeness (QED) is 0.742. The Morgan fingerprint density at radius 2 is 2.11 bits per heavy atom. The lowest BCUT2D eigenvalue weighted by Crippen LogP contribution is -2.31. The number of carbonyl (C=O) groups is 2. The van der Waals surface area contributed by atoms with E-state index in [9.17, 15) is 9.59 Å². The minimum Gasteiger partial charge on any atom is -0.481 e. The number of aliphatic carboxylic acids is 2. The molecule has 0 spiro atoms. The van der Waals surface area contributed by atoms with Crippen LogP contribution in [-0.4, -0.2) is 45.6 Å². The van der Waals surface area contributed by atoms with Crippen molar-refractivity contribution in [3.8, 4) is 0 Å². The van der Waals surface area contributed by atoms with Crippen LogP contribution in [0, 0.1) is 5.92 Å². The van der Waals surface area contributed by atoms with Gasteiger partial charge in [-0.2, -0.15) is 0 Å². The summed E-state index contributed by atoms with van der Waals surface area (Å²) in [7, 11) is 1.74. The zero-order chi connectivity index (χ0) is 13.5. The number of nitrogens with zero attached hydrogens (tertiary/aromatic N) is 2. The van der Waals surface area contributed by atoms with Crippen LogP contribution >= 0.6 is 0 Å². The monoisotopic (exact) mass is 252 g/mol. The van der Waals surface area contributed by atoms with Crippen LogP contribution in [0.4, 0.5) is 0 Å². The molecule has 0 aliphatic carbocycles. The first kappa shape index (κ1) is 14.1. The first-order valence-electron chi connectivity index (χ1n) is 5.52. The number of aromatic nitrogens is 1. The van der Waals surface area contributed by atoms with Gasteiger partial charge >= 0.3 is 11.9 Å².